The molecule has 1 aliphatic heterocycles. The molecule has 3 rings (SSSR count). The van der Waals surface area contributed by atoms with E-state index in [2.05, 4.69) is 23.7 Å². The van der Waals surface area contributed by atoms with Gasteiger partial charge in [0.2, 0.25) is 5.91 Å². The van der Waals surface area contributed by atoms with Gasteiger partial charge >= 0.3 is 0 Å². The van der Waals surface area contributed by atoms with Crippen LogP contribution >= 0.6 is 11.3 Å². The average molecular weight is 343 g/mol. The Kier molecular flexibility index (Phi) is 4.09. The second-order valence-electron chi connectivity index (χ2n) is 6.27. The molecule has 1 aliphatic rings. The van der Waals surface area contributed by atoms with Crippen LogP contribution in [0.1, 0.15) is 23.8 Å². The molecule has 0 aliphatic carbocycles. The summed E-state index contributed by atoms with van der Waals surface area (Å²) >= 11 is 1.62. The molecule has 0 unspecified atom stereocenters. The van der Waals surface area contributed by atoms with Crippen molar-refractivity contribution in [1.82, 2.24) is 10.2 Å². The van der Waals surface area contributed by atoms with Gasteiger partial charge in [-0.05, 0) is 48.1 Å². The molecule has 5 nitrogen and oxygen atoms in total. The fourth-order valence-corrected chi connectivity index (χ4v) is 4.33. The van der Waals surface area contributed by atoms with Gasteiger partial charge in [-0.25, -0.2) is 0 Å². The van der Waals surface area contributed by atoms with E-state index in [1.165, 1.54) is 4.90 Å². The summed E-state index contributed by atoms with van der Waals surface area (Å²) in [5.41, 5.74) is 2.81. The topological polar surface area (TPSA) is 65.4 Å². The van der Waals surface area contributed by atoms with Crippen LogP contribution in [0.25, 0.3) is 11.1 Å². The molecule has 1 saturated heterocycles. The first-order valence-corrected chi connectivity index (χ1v) is 8.60. The molecule has 1 fully saturated rings. The lowest BCUT2D eigenvalue weighted by atomic mass is 9.89. The minimum atomic E-state index is -0.549. The van der Waals surface area contributed by atoms with Crippen LogP contribution in [0.5, 0.6) is 5.75 Å². The second kappa shape index (κ2) is 5.94. The smallest absolute Gasteiger partial charge is 0.231 e. The predicted octanol–water partition coefficient (Wildman–Crippen LogP) is 3.33. The SMILES string of the molecule is COc1cccc(-c2csc([C@]3(C)CC(=O)N(C)C(=N)N3)c2C)c1. The third-order valence-electron chi connectivity index (χ3n) is 4.53. The number of hydrogen-bond donors (Lipinski definition) is 2. The maximum Gasteiger partial charge on any atom is 0.231 e. The molecule has 0 radical (unpaired) electrons. The van der Waals surface area contributed by atoms with Gasteiger partial charge in [-0.15, -0.1) is 11.3 Å². The Labute approximate surface area is 145 Å². The van der Waals surface area contributed by atoms with Crippen LogP contribution in [0.3, 0.4) is 0 Å². The average Bonchev–Trinajstić information content (AvgIpc) is 2.95. The number of ether oxygens (including phenoxy) is 1. The maximum absolute atomic E-state index is 12.2. The molecule has 0 saturated carbocycles. The van der Waals surface area contributed by atoms with E-state index in [0.717, 1.165) is 27.3 Å². The fourth-order valence-electron chi connectivity index (χ4n) is 3.11. The number of methoxy groups -OCH3 is 1. The number of hydrogen-bond acceptors (Lipinski definition) is 4. The Bertz CT molecular complexity index is 794. The number of nitrogens with one attached hydrogen (secondary N) is 2. The van der Waals surface area contributed by atoms with Gasteiger partial charge in [0.1, 0.15) is 5.75 Å². The van der Waals surface area contributed by atoms with Crippen LogP contribution in [-0.4, -0.2) is 30.9 Å². The lowest BCUT2D eigenvalue weighted by molar-refractivity contribution is -0.129. The van der Waals surface area contributed by atoms with Crippen molar-refractivity contribution < 1.29 is 9.53 Å². The first kappa shape index (κ1) is 16.5. The highest BCUT2D eigenvalue weighted by Crippen LogP contribution is 2.40. The molecular formula is C18H21N3O2S. The number of amides is 1. The molecule has 126 valence electrons. The Balaban J connectivity index is 2.01. The van der Waals surface area contributed by atoms with E-state index in [0.29, 0.717) is 6.42 Å². The summed E-state index contributed by atoms with van der Waals surface area (Å²) in [7, 11) is 3.28. The molecule has 0 bridgehead atoms. The molecule has 6 heteroatoms. The molecule has 2 heterocycles. The van der Waals surface area contributed by atoms with E-state index in [1.54, 1.807) is 25.5 Å². The van der Waals surface area contributed by atoms with Crippen LogP contribution in [0.4, 0.5) is 0 Å². The van der Waals surface area contributed by atoms with Crippen LogP contribution in [-0.2, 0) is 10.3 Å². The van der Waals surface area contributed by atoms with Gasteiger partial charge in [-0.3, -0.25) is 15.1 Å². The molecule has 1 amide bonds. The third-order valence-corrected chi connectivity index (χ3v) is 5.88. The second-order valence-corrected chi connectivity index (χ2v) is 7.15. The largest absolute Gasteiger partial charge is 0.497 e. The minimum absolute atomic E-state index is 0.0445. The van der Waals surface area contributed by atoms with Gasteiger partial charge in [0.05, 0.1) is 19.1 Å². The van der Waals surface area contributed by atoms with Crippen molar-refractivity contribution in [2.45, 2.75) is 25.8 Å². The van der Waals surface area contributed by atoms with Gasteiger partial charge in [0, 0.05) is 11.9 Å². The van der Waals surface area contributed by atoms with Gasteiger partial charge in [-0.2, -0.15) is 0 Å². The Morgan fingerprint density at radius 2 is 2.17 bits per heavy atom. The van der Waals surface area contributed by atoms with Crippen LogP contribution < -0.4 is 10.1 Å². The lowest BCUT2D eigenvalue weighted by Gasteiger charge is -2.39. The Morgan fingerprint density at radius 3 is 2.83 bits per heavy atom. The predicted molar refractivity (Wildman–Crippen MR) is 96.6 cm³/mol. The molecule has 2 N–H and O–H groups in total. The van der Waals surface area contributed by atoms with Gasteiger partial charge in [-0.1, -0.05) is 12.1 Å². The Hall–Kier alpha value is -2.34. The van der Waals surface area contributed by atoms with Crippen molar-refractivity contribution in [2.24, 2.45) is 0 Å². The highest BCUT2D eigenvalue weighted by molar-refractivity contribution is 7.10. The van der Waals surface area contributed by atoms with Crippen molar-refractivity contribution in [3.8, 4) is 16.9 Å². The first-order valence-electron chi connectivity index (χ1n) is 7.72. The number of guanidine groups is 1. The number of nitrogens with zero attached hydrogens (tertiary/aromatic N) is 1. The molecule has 1 atom stereocenters. The standard InChI is InChI=1S/C18H21N3O2S/c1-11-14(12-6-5-7-13(8-12)23-4)10-24-16(11)18(2)9-15(22)21(3)17(19)20-18/h5-8,10H,9H2,1-4H3,(H2,19,20)/t18-/m0/s1. The van der Waals surface area contributed by atoms with Crippen molar-refractivity contribution in [3.63, 3.8) is 0 Å². The van der Waals surface area contributed by atoms with Crippen LogP contribution in [0, 0.1) is 12.3 Å². The minimum Gasteiger partial charge on any atom is -0.497 e. The normalized spacial score (nSPS) is 20.9. The molecule has 1 aromatic heterocycles. The summed E-state index contributed by atoms with van der Waals surface area (Å²) < 4.78 is 5.31. The number of rotatable bonds is 3. The number of benzene rings is 1. The summed E-state index contributed by atoms with van der Waals surface area (Å²) in [4.78, 5) is 14.6. The zero-order chi connectivity index (χ0) is 17.5. The summed E-state index contributed by atoms with van der Waals surface area (Å²) in [5, 5.41) is 13.3. The van der Waals surface area contributed by atoms with Crippen molar-refractivity contribution >= 4 is 23.2 Å². The summed E-state index contributed by atoms with van der Waals surface area (Å²) in [6, 6.07) is 7.96. The van der Waals surface area contributed by atoms with Crippen molar-refractivity contribution in [1.29, 1.82) is 5.41 Å². The molecule has 2 aromatic rings. The number of thiophene rings is 1. The monoisotopic (exact) mass is 343 g/mol. The zero-order valence-corrected chi connectivity index (χ0v) is 15.1. The van der Waals surface area contributed by atoms with E-state index in [4.69, 9.17) is 10.1 Å². The van der Waals surface area contributed by atoms with Gasteiger partial charge < -0.3 is 10.1 Å². The maximum atomic E-state index is 12.2. The summed E-state index contributed by atoms with van der Waals surface area (Å²) in [6.45, 7) is 4.06. The van der Waals surface area contributed by atoms with E-state index < -0.39 is 5.54 Å². The zero-order valence-electron chi connectivity index (χ0n) is 14.3. The highest BCUT2D eigenvalue weighted by atomic mass is 32.1. The highest BCUT2D eigenvalue weighted by Gasteiger charge is 2.40. The van der Waals surface area contributed by atoms with Crippen LogP contribution in [0.2, 0.25) is 0 Å². The quantitative estimate of drug-likeness (QED) is 0.898. The van der Waals surface area contributed by atoms with E-state index in [1.807, 2.05) is 25.1 Å². The first-order chi connectivity index (χ1) is 11.4. The van der Waals surface area contributed by atoms with E-state index in [9.17, 15) is 4.79 Å². The lowest BCUT2D eigenvalue weighted by Crippen LogP contribution is -2.58. The number of carbonyl (C=O) groups is 1. The molecule has 24 heavy (non-hydrogen) atoms. The van der Waals surface area contributed by atoms with E-state index in [-0.39, 0.29) is 11.9 Å². The summed E-state index contributed by atoms with van der Waals surface area (Å²) in [5.74, 6) is 0.918. The van der Waals surface area contributed by atoms with Gasteiger partial charge in [0.25, 0.3) is 0 Å². The summed E-state index contributed by atoms with van der Waals surface area (Å²) in [6.07, 6.45) is 0.338. The van der Waals surface area contributed by atoms with Gasteiger partial charge in [0.15, 0.2) is 5.96 Å². The van der Waals surface area contributed by atoms with Crippen LogP contribution in [0.15, 0.2) is 29.6 Å². The molecule has 1 aromatic carbocycles. The van der Waals surface area contributed by atoms with Crippen molar-refractivity contribution in [2.75, 3.05) is 14.2 Å². The number of carbonyl (C=O) groups excluding carboxylic acids is 1. The Morgan fingerprint density at radius 1 is 1.42 bits per heavy atom. The molecule has 0 spiro atoms. The van der Waals surface area contributed by atoms with E-state index >= 15 is 0 Å². The molecular weight excluding hydrogens is 322 g/mol. The fraction of sp³-hybridized carbons (Fsp3) is 0.333. The van der Waals surface area contributed by atoms with Crippen molar-refractivity contribution in [3.05, 3.63) is 40.1 Å². The third kappa shape index (κ3) is 2.67.